The molecule has 3 heteroatoms. The third-order valence-corrected chi connectivity index (χ3v) is 3.40. The minimum absolute atomic E-state index is 0.00303. The normalized spacial score (nSPS) is 22.6. The van der Waals surface area contributed by atoms with E-state index in [4.69, 9.17) is 9.47 Å². The number of hydrogen-bond acceptors (Lipinski definition) is 3. The van der Waals surface area contributed by atoms with E-state index >= 15 is 0 Å². The van der Waals surface area contributed by atoms with Gasteiger partial charge < -0.3 is 9.47 Å². The molecule has 0 saturated heterocycles. The van der Waals surface area contributed by atoms with Crippen molar-refractivity contribution in [2.45, 2.75) is 60.0 Å². The van der Waals surface area contributed by atoms with Gasteiger partial charge in [-0.25, -0.2) is 4.79 Å². The Morgan fingerprint density at radius 3 is 2.72 bits per heavy atom. The Kier molecular flexibility index (Phi) is 5.24. The van der Waals surface area contributed by atoms with E-state index in [9.17, 15) is 4.79 Å². The molecule has 0 saturated carbocycles. The molecule has 0 aromatic rings. The fourth-order valence-electron chi connectivity index (χ4n) is 2.30. The summed E-state index contributed by atoms with van der Waals surface area (Å²) < 4.78 is 10.6. The van der Waals surface area contributed by atoms with Crippen LogP contribution in [0.1, 0.15) is 53.9 Å². The van der Waals surface area contributed by atoms with Gasteiger partial charge in [-0.1, -0.05) is 40.7 Å². The molecule has 1 aliphatic rings. The summed E-state index contributed by atoms with van der Waals surface area (Å²) in [6.07, 6.45) is 4.55. The van der Waals surface area contributed by atoms with Crippen molar-refractivity contribution in [1.82, 2.24) is 0 Å². The highest BCUT2D eigenvalue weighted by Crippen LogP contribution is 2.39. The highest BCUT2D eigenvalue weighted by Gasteiger charge is 2.37. The van der Waals surface area contributed by atoms with E-state index in [1.54, 1.807) is 0 Å². The third-order valence-electron chi connectivity index (χ3n) is 3.40. The van der Waals surface area contributed by atoms with Crippen molar-refractivity contribution in [3.05, 3.63) is 11.6 Å². The predicted octanol–water partition coefficient (Wildman–Crippen LogP) is 4.32. The Balaban J connectivity index is 2.64. The van der Waals surface area contributed by atoms with E-state index < -0.39 is 6.16 Å². The van der Waals surface area contributed by atoms with Crippen molar-refractivity contribution < 1.29 is 14.3 Å². The van der Waals surface area contributed by atoms with Gasteiger partial charge in [0.15, 0.2) is 0 Å². The summed E-state index contributed by atoms with van der Waals surface area (Å²) in [5, 5.41) is 0. The lowest BCUT2D eigenvalue weighted by molar-refractivity contribution is -0.0164. The van der Waals surface area contributed by atoms with Crippen LogP contribution in [-0.4, -0.2) is 18.9 Å². The van der Waals surface area contributed by atoms with Gasteiger partial charge in [-0.15, -0.1) is 0 Å². The molecule has 0 heterocycles. The zero-order chi connectivity index (χ0) is 13.8. The highest BCUT2D eigenvalue weighted by molar-refractivity contribution is 5.60. The Morgan fingerprint density at radius 1 is 1.50 bits per heavy atom. The third kappa shape index (κ3) is 4.04. The van der Waals surface area contributed by atoms with Crippen LogP contribution >= 0.6 is 0 Å². The van der Waals surface area contributed by atoms with E-state index in [1.807, 2.05) is 13.8 Å². The van der Waals surface area contributed by atoms with Gasteiger partial charge in [-0.05, 0) is 30.8 Å². The fourth-order valence-corrected chi connectivity index (χ4v) is 2.30. The number of rotatable bonds is 4. The van der Waals surface area contributed by atoms with Crippen molar-refractivity contribution >= 4 is 6.16 Å². The summed E-state index contributed by atoms with van der Waals surface area (Å²) in [7, 11) is 0. The Morgan fingerprint density at radius 2 is 2.17 bits per heavy atom. The van der Waals surface area contributed by atoms with Gasteiger partial charge >= 0.3 is 6.16 Å². The van der Waals surface area contributed by atoms with Crippen LogP contribution in [0.25, 0.3) is 0 Å². The summed E-state index contributed by atoms with van der Waals surface area (Å²) in [6, 6.07) is 0. The second kappa shape index (κ2) is 6.26. The van der Waals surface area contributed by atoms with Gasteiger partial charge in [0.25, 0.3) is 0 Å². The van der Waals surface area contributed by atoms with Crippen molar-refractivity contribution in [3.8, 4) is 0 Å². The number of carbonyl (C=O) groups excluding carboxylic acids is 1. The van der Waals surface area contributed by atoms with Crippen LogP contribution < -0.4 is 0 Å². The maximum atomic E-state index is 11.7. The van der Waals surface area contributed by atoms with E-state index in [1.165, 1.54) is 5.57 Å². The largest absolute Gasteiger partial charge is 0.508 e. The molecule has 0 aliphatic heterocycles. The summed E-state index contributed by atoms with van der Waals surface area (Å²) in [4.78, 5) is 11.7. The van der Waals surface area contributed by atoms with Gasteiger partial charge in [0, 0.05) is 5.41 Å². The number of allylic oxidation sites excluding steroid dienone is 1. The minimum atomic E-state index is -0.539. The molecule has 0 aromatic heterocycles. The number of ether oxygens (including phenoxy) is 2. The Labute approximate surface area is 111 Å². The fraction of sp³-hybridized carbons (Fsp3) is 0.800. The van der Waals surface area contributed by atoms with Crippen LogP contribution in [0.4, 0.5) is 4.79 Å². The second-order valence-corrected chi connectivity index (χ2v) is 6.11. The van der Waals surface area contributed by atoms with Crippen LogP contribution in [0.5, 0.6) is 0 Å². The maximum absolute atomic E-state index is 11.7. The summed E-state index contributed by atoms with van der Waals surface area (Å²) >= 11 is 0. The first-order chi connectivity index (χ1) is 8.36. The van der Waals surface area contributed by atoms with Crippen LogP contribution in [0.15, 0.2) is 11.6 Å². The molecular formula is C15H26O3. The molecule has 3 nitrogen and oxygen atoms in total. The zero-order valence-electron chi connectivity index (χ0n) is 12.3. The maximum Gasteiger partial charge on any atom is 0.508 e. The molecular weight excluding hydrogens is 228 g/mol. The topological polar surface area (TPSA) is 35.5 Å². The molecule has 1 rings (SSSR count). The lowest BCUT2D eigenvalue weighted by Gasteiger charge is -2.38. The summed E-state index contributed by atoms with van der Waals surface area (Å²) in [5.74, 6) is 0.332. The van der Waals surface area contributed by atoms with Gasteiger partial charge in [0.1, 0.15) is 6.10 Å². The molecule has 0 spiro atoms. The minimum Gasteiger partial charge on any atom is -0.434 e. The lowest BCUT2D eigenvalue weighted by Crippen LogP contribution is -2.38. The Hall–Kier alpha value is -0.990. The first-order valence-corrected chi connectivity index (χ1v) is 6.89. The average molecular weight is 254 g/mol. The SMILES string of the molecule is CCC1=CCCC(C)(C)C1OC(=O)OCC(C)C. The number of carbonyl (C=O) groups is 1. The van der Waals surface area contributed by atoms with E-state index in [2.05, 4.69) is 26.8 Å². The lowest BCUT2D eigenvalue weighted by atomic mass is 9.74. The van der Waals surface area contributed by atoms with Crippen molar-refractivity contribution in [2.75, 3.05) is 6.61 Å². The van der Waals surface area contributed by atoms with Gasteiger partial charge in [-0.3, -0.25) is 0 Å². The summed E-state index contributed by atoms with van der Waals surface area (Å²) in [5.41, 5.74) is 1.21. The summed E-state index contributed by atoms with van der Waals surface area (Å²) in [6.45, 7) is 10.8. The zero-order valence-corrected chi connectivity index (χ0v) is 12.3. The smallest absolute Gasteiger partial charge is 0.434 e. The highest BCUT2D eigenvalue weighted by atomic mass is 16.7. The molecule has 0 bridgehead atoms. The quantitative estimate of drug-likeness (QED) is 0.553. The van der Waals surface area contributed by atoms with E-state index in [-0.39, 0.29) is 11.5 Å². The first kappa shape index (κ1) is 15.1. The van der Waals surface area contributed by atoms with Crippen LogP contribution in [-0.2, 0) is 9.47 Å². The molecule has 0 amide bonds. The first-order valence-electron chi connectivity index (χ1n) is 6.89. The standard InChI is InChI=1S/C15H26O3/c1-6-12-8-7-9-15(4,5)13(12)18-14(16)17-10-11(2)3/h8,11,13H,6-7,9-10H2,1-5H3. The van der Waals surface area contributed by atoms with Crippen LogP contribution in [0, 0.1) is 11.3 Å². The molecule has 1 unspecified atom stereocenters. The molecule has 0 N–H and O–H groups in total. The average Bonchev–Trinajstić information content (AvgIpc) is 2.28. The van der Waals surface area contributed by atoms with Gasteiger partial charge in [0.05, 0.1) is 6.61 Å². The van der Waals surface area contributed by atoms with Crippen molar-refractivity contribution in [1.29, 1.82) is 0 Å². The van der Waals surface area contributed by atoms with E-state index in [0.29, 0.717) is 12.5 Å². The monoisotopic (exact) mass is 254 g/mol. The van der Waals surface area contributed by atoms with Gasteiger partial charge in [0.2, 0.25) is 0 Å². The molecule has 104 valence electrons. The predicted molar refractivity (Wildman–Crippen MR) is 72.4 cm³/mol. The molecule has 1 aliphatic carbocycles. The molecule has 18 heavy (non-hydrogen) atoms. The second-order valence-electron chi connectivity index (χ2n) is 6.11. The number of hydrogen-bond donors (Lipinski definition) is 0. The van der Waals surface area contributed by atoms with E-state index in [0.717, 1.165) is 19.3 Å². The molecule has 1 atom stereocenters. The van der Waals surface area contributed by atoms with Crippen LogP contribution in [0.2, 0.25) is 0 Å². The van der Waals surface area contributed by atoms with Crippen molar-refractivity contribution in [2.24, 2.45) is 11.3 Å². The van der Waals surface area contributed by atoms with Gasteiger partial charge in [-0.2, -0.15) is 0 Å². The Bertz CT molecular complexity index is 316. The van der Waals surface area contributed by atoms with Crippen molar-refractivity contribution in [3.63, 3.8) is 0 Å². The van der Waals surface area contributed by atoms with Crippen LogP contribution in [0.3, 0.4) is 0 Å². The molecule has 0 radical (unpaired) electrons. The molecule has 0 aromatic carbocycles. The molecule has 0 fully saturated rings.